The molecule has 1 aromatic rings. The maximum absolute atomic E-state index is 13.3. The van der Waals surface area contributed by atoms with Crippen LogP contribution in [0.1, 0.15) is 46.0 Å². The number of fused-ring (bicyclic) bond motifs is 1. The number of piperidine rings is 1. The van der Waals surface area contributed by atoms with Crippen molar-refractivity contribution >= 4 is 11.8 Å². The van der Waals surface area contributed by atoms with Gasteiger partial charge in [0.05, 0.1) is 12.4 Å². The highest BCUT2D eigenvalue weighted by Crippen LogP contribution is 2.48. The number of carbonyl (C=O) groups is 2. The molecule has 3 heterocycles. The molecule has 27 heavy (non-hydrogen) atoms. The van der Waals surface area contributed by atoms with Gasteiger partial charge in [-0.15, -0.1) is 0 Å². The fraction of sp³-hybridized carbons (Fsp3) is 0.750. The maximum Gasteiger partial charge on any atom is 0.242 e. The second-order valence-electron chi connectivity index (χ2n) is 8.49. The van der Waals surface area contributed by atoms with Crippen molar-refractivity contribution in [3.05, 3.63) is 18.7 Å². The largest absolute Gasteiger partial charge is 0.354 e. The van der Waals surface area contributed by atoms with Crippen LogP contribution in [0.4, 0.5) is 0 Å². The van der Waals surface area contributed by atoms with E-state index in [9.17, 15) is 9.59 Å². The lowest BCUT2D eigenvalue weighted by atomic mass is 10.1. The molecular formula is C20H31N5O2. The average molecular weight is 374 g/mol. The number of rotatable bonds is 7. The fourth-order valence-electron chi connectivity index (χ4n) is 4.86. The molecule has 1 aromatic heterocycles. The lowest BCUT2D eigenvalue weighted by Crippen LogP contribution is -2.54. The Morgan fingerprint density at radius 3 is 2.85 bits per heavy atom. The van der Waals surface area contributed by atoms with Gasteiger partial charge in [0.25, 0.3) is 0 Å². The minimum atomic E-state index is -0.274. The Labute approximate surface area is 161 Å². The summed E-state index contributed by atoms with van der Waals surface area (Å²) in [6.45, 7) is 6.76. The van der Waals surface area contributed by atoms with E-state index >= 15 is 0 Å². The van der Waals surface area contributed by atoms with E-state index in [-0.39, 0.29) is 23.9 Å². The van der Waals surface area contributed by atoms with Crippen LogP contribution in [0.3, 0.4) is 0 Å². The number of amides is 2. The molecule has 2 amide bonds. The highest BCUT2D eigenvalue weighted by atomic mass is 16.2. The van der Waals surface area contributed by atoms with Crippen LogP contribution in [0.15, 0.2) is 18.7 Å². The summed E-state index contributed by atoms with van der Waals surface area (Å²) in [5.41, 5.74) is 0. The molecule has 4 atom stereocenters. The molecule has 0 unspecified atom stereocenters. The first kappa shape index (κ1) is 18.5. The summed E-state index contributed by atoms with van der Waals surface area (Å²) in [7, 11) is 0. The van der Waals surface area contributed by atoms with Crippen molar-refractivity contribution in [2.75, 3.05) is 13.1 Å². The van der Waals surface area contributed by atoms with Gasteiger partial charge in [-0.3, -0.25) is 14.5 Å². The van der Waals surface area contributed by atoms with E-state index in [4.69, 9.17) is 0 Å². The van der Waals surface area contributed by atoms with E-state index in [2.05, 4.69) is 29.0 Å². The van der Waals surface area contributed by atoms with Gasteiger partial charge in [-0.25, -0.2) is 4.98 Å². The van der Waals surface area contributed by atoms with E-state index in [1.54, 1.807) is 12.5 Å². The summed E-state index contributed by atoms with van der Waals surface area (Å²) in [5.74, 6) is 0.740. The van der Waals surface area contributed by atoms with Crippen molar-refractivity contribution < 1.29 is 9.59 Å². The van der Waals surface area contributed by atoms with Crippen molar-refractivity contribution in [2.24, 2.45) is 5.92 Å². The number of imidazole rings is 1. The molecule has 3 fully saturated rings. The number of carbonyl (C=O) groups excluding carboxylic acids is 2. The lowest BCUT2D eigenvalue weighted by Gasteiger charge is -2.34. The second kappa shape index (κ2) is 7.62. The molecule has 0 spiro atoms. The molecule has 2 saturated heterocycles. The van der Waals surface area contributed by atoms with E-state index < -0.39 is 0 Å². The van der Waals surface area contributed by atoms with Gasteiger partial charge in [0.1, 0.15) is 6.04 Å². The zero-order valence-corrected chi connectivity index (χ0v) is 16.4. The number of likely N-dealkylation sites (tertiary alicyclic amines) is 2. The van der Waals surface area contributed by atoms with Gasteiger partial charge in [0, 0.05) is 37.6 Å². The van der Waals surface area contributed by atoms with E-state index in [0.717, 1.165) is 45.2 Å². The molecule has 0 aromatic carbocycles. The first-order chi connectivity index (χ1) is 13.1. The Bertz CT molecular complexity index is 674. The predicted molar refractivity (Wildman–Crippen MR) is 102 cm³/mol. The molecule has 1 saturated carbocycles. The zero-order chi connectivity index (χ0) is 19.0. The van der Waals surface area contributed by atoms with Crippen molar-refractivity contribution in [1.29, 1.82) is 0 Å². The molecule has 148 valence electrons. The average Bonchev–Trinajstić information content (AvgIpc) is 3.10. The molecule has 7 heteroatoms. The molecule has 0 radical (unpaired) electrons. The van der Waals surface area contributed by atoms with Crippen LogP contribution in [0.2, 0.25) is 0 Å². The molecular weight excluding hydrogens is 342 g/mol. The van der Waals surface area contributed by atoms with Gasteiger partial charge in [-0.05, 0) is 58.4 Å². The number of nitrogens with one attached hydrogen (secondary N) is 1. The minimum absolute atomic E-state index is 0.0234. The van der Waals surface area contributed by atoms with Crippen LogP contribution < -0.4 is 5.32 Å². The summed E-state index contributed by atoms with van der Waals surface area (Å²) in [4.78, 5) is 34.3. The van der Waals surface area contributed by atoms with E-state index in [0.29, 0.717) is 24.5 Å². The van der Waals surface area contributed by atoms with Gasteiger partial charge in [-0.1, -0.05) is 0 Å². The number of hydrogen-bond acceptors (Lipinski definition) is 4. The normalized spacial score (nSPS) is 30.0. The molecule has 4 rings (SSSR count). The van der Waals surface area contributed by atoms with Crippen LogP contribution in [0, 0.1) is 5.92 Å². The van der Waals surface area contributed by atoms with Crippen LogP contribution in [-0.4, -0.2) is 68.4 Å². The number of nitrogens with zero attached hydrogens (tertiary/aromatic N) is 4. The quantitative estimate of drug-likeness (QED) is 0.731. The Balaban J connectivity index is 1.33. The predicted octanol–water partition coefficient (Wildman–Crippen LogP) is 1.25. The van der Waals surface area contributed by atoms with E-state index in [1.165, 1.54) is 0 Å². The zero-order valence-electron chi connectivity index (χ0n) is 16.4. The third-order valence-electron chi connectivity index (χ3n) is 6.36. The second-order valence-corrected chi connectivity index (χ2v) is 8.49. The SMILES string of the molecule is CC(C)N1CCC[C@@H]1C(=O)N1[C@H](C(=O)NCCCn2ccnc2)C[C@H]2C[C@@H]21. The van der Waals surface area contributed by atoms with E-state index in [1.807, 2.05) is 15.7 Å². The monoisotopic (exact) mass is 373 g/mol. The summed E-state index contributed by atoms with van der Waals surface area (Å²) in [6, 6.07) is 0.355. The Morgan fingerprint density at radius 1 is 1.26 bits per heavy atom. The topological polar surface area (TPSA) is 70.5 Å². The smallest absolute Gasteiger partial charge is 0.242 e. The van der Waals surface area contributed by atoms with Gasteiger partial charge >= 0.3 is 0 Å². The number of hydrogen-bond donors (Lipinski definition) is 1. The van der Waals surface area contributed by atoms with Crippen LogP contribution in [0.5, 0.6) is 0 Å². The van der Waals surface area contributed by atoms with Crippen LogP contribution in [-0.2, 0) is 16.1 Å². The maximum atomic E-state index is 13.3. The van der Waals surface area contributed by atoms with Crippen LogP contribution >= 0.6 is 0 Å². The molecule has 1 N–H and O–H groups in total. The van der Waals surface area contributed by atoms with Gasteiger partial charge in [0.15, 0.2) is 0 Å². The van der Waals surface area contributed by atoms with Crippen molar-refractivity contribution in [1.82, 2.24) is 24.7 Å². The third kappa shape index (κ3) is 3.74. The molecule has 2 aliphatic heterocycles. The highest BCUT2D eigenvalue weighted by molar-refractivity contribution is 5.91. The summed E-state index contributed by atoms with van der Waals surface area (Å²) >= 11 is 0. The Morgan fingerprint density at radius 2 is 2.11 bits per heavy atom. The highest BCUT2D eigenvalue weighted by Gasteiger charge is 2.57. The van der Waals surface area contributed by atoms with Gasteiger partial charge in [-0.2, -0.15) is 0 Å². The van der Waals surface area contributed by atoms with Crippen molar-refractivity contribution in [3.63, 3.8) is 0 Å². The standard InChI is InChI=1S/C20H31N5O2/c1-14(2)24-9-3-5-16(24)20(27)25-17-11-15(17)12-18(25)19(26)22-6-4-8-23-10-7-21-13-23/h7,10,13-18H,3-6,8-9,11-12H2,1-2H3,(H,22,26)/t15-,16-,17+,18+/m1/s1. The Kier molecular flexibility index (Phi) is 5.21. The van der Waals surface area contributed by atoms with Crippen molar-refractivity contribution in [3.8, 4) is 0 Å². The fourth-order valence-corrected chi connectivity index (χ4v) is 4.86. The molecule has 7 nitrogen and oxygen atoms in total. The molecule has 0 bridgehead atoms. The summed E-state index contributed by atoms with van der Waals surface area (Å²) < 4.78 is 2.01. The first-order valence-electron chi connectivity index (χ1n) is 10.4. The number of aromatic nitrogens is 2. The van der Waals surface area contributed by atoms with Gasteiger partial charge in [0.2, 0.25) is 11.8 Å². The van der Waals surface area contributed by atoms with Crippen molar-refractivity contribution in [2.45, 2.75) is 76.7 Å². The van der Waals surface area contributed by atoms with Crippen LogP contribution in [0.25, 0.3) is 0 Å². The number of aryl methyl sites for hydroxylation is 1. The summed E-state index contributed by atoms with van der Waals surface area (Å²) in [6.07, 6.45) is 10.2. The summed E-state index contributed by atoms with van der Waals surface area (Å²) in [5, 5.41) is 3.06. The molecule has 3 aliphatic rings. The Hall–Kier alpha value is -1.89. The van der Waals surface area contributed by atoms with Gasteiger partial charge < -0.3 is 14.8 Å². The first-order valence-corrected chi connectivity index (χ1v) is 10.4. The minimum Gasteiger partial charge on any atom is -0.354 e. The molecule has 1 aliphatic carbocycles. The third-order valence-corrected chi connectivity index (χ3v) is 6.36. The lowest BCUT2D eigenvalue weighted by molar-refractivity contribution is -0.143.